The van der Waals surface area contributed by atoms with Crippen LogP contribution in [0.3, 0.4) is 0 Å². The molecule has 0 aromatic heterocycles. The molecule has 0 amide bonds. The molecule has 1 aromatic carbocycles. The van der Waals surface area contributed by atoms with Crippen molar-refractivity contribution in [2.75, 3.05) is 24.2 Å². The second-order valence-electron chi connectivity index (χ2n) is 3.75. The van der Waals surface area contributed by atoms with Gasteiger partial charge in [-0.05, 0) is 31.5 Å². The lowest BCUT2D eigenvalue weighted by Gasteiger charge is -2.07. The van der Waals surface area contributed by atoms with Crippen LogP contribution in [-0.4, -0.2) is 19.1 Å². The van der Waals surface area contributed by atoms with Gasteiger partial charge >= 0.3 is 5.97 Å². The van der Waals surface area contributed by atoms with E-state index in [1.165, 1.54) is 0 Å². The smallest absolute Gasteiger partial charge is 0.305 e. The van der Waals surface area contributed by atoms with Crippen molar-refractivity contribution in [3.8, 4) is 6.07 Å². The maximum absolute atomic E-state index is 11.1. The Labute approximate surface area is 107 Å². The summed E-state index contributed by atoms with van der Waals surface area (Å²) in [6.45, 7) is 2.86. The van der Waals surface area contributed by atoms with Crippen molar-refractivity contribution < 1.29 is 9.53 Å². The Kier molecular flexibility index (Phi) is 5.52. The monoisotopic (exact) mass is 247 g/mol. The van der Waals surface area contributed by atoms with Gasteiger partial charge in [-0.25, -0.2) is 0 Å². The van der Waals surface area contributed by atoms with Crippen molar-refractivity contribution in [2.45, 2.75) is 19.8 Å². The Balaban J connectivity index is 2.34. The zero-order valence-corrected chi connectivity index (χ0v) is 10.4. The Morgan fingerprint density at radius 1 is 1.56 bits per heavy atom. The van der Waals surface area contributed by atoms with Gasteiger partial charge in [0.2, 0.25) is 0 Å². The number of carbonyl (C=O) groups is 1. The van der Waals surface area contributed by atoms with Crippen LogP contribution in [0, 0.1) is 11.3 Å². The first-order valence-corrected chi connectivity index (χ1v) is 5.86. The molecule has 0 aliphatic rings. The van der Waals surface area contributed by atoms with Gasteiger partial charge in [0.05, 0.1) is 17.9 Å². The topological polar surface area (TPSA) is 88.1 Å². The molecule has 0 radical (unpaired) electrons. The van der Waals surface area contributed by atoms with Crippen LogP contribution >= 0.6 is 0 Å². The predicted molar refractivity (Wildman–Crippen MR) is 69.9 cm³/mol. The zero-order chi connectivity index (χ0) is 13.4. The number of nitriles is 1. The average Bonchev–Trinajstić information content (AvgIpc) is 2.35. The van der Waals surface area contributed by atoms with Crippen molar-refractivity contribution >= 4 is 17.3 Å². The number of benzene rings is 1. The van der Waals surface area contributed by atoms with Crippen LogP contribution in [0.25, 0.3) is 0 Å². The summed E-state index contributed by atoms with van der Waals surface area (Å²) in [5.74, 6) is -0.182. The van der Waals surface area contributed by atoms with Gasteiger partial charge < -0.3 is 15.8 Å². The third-order valence-electron chi connectivity index (χ3n) is 2.36. The lowest BCUT2D eigenvalue weighted by molar-refractivity contribution is -0.143. The number of ether oxygens (including phenoxy) is 1. The van der Waals surface area contributed by atoms with Gasteiger partial charge in [-0.15, -0.1) is 0 Å². The van der Waals surface area contributed by atoms with E-state index in [1.807, 2.05) is 6.07 Å². The lowest BCUT2D eigenvalue weighted by Crippen LogP contribution is -2.08. The van der Waals surface area contributed by atoms with Gasteiger partial charge in [-0.1, -0.05) is 0 Å². The van der Waals surface area contributed by atoms with Crippen LogP contribution in [0.4, 0.5) is 11.4 Å². The molecule has 0 heterocycles. The summed E-state index contributed by atoms with van der Waals surface area (Å²) >= 11 is 0. The fraction of sp³-hybridized carbons (Fsp3) is 0.385. The third kappa shape index (κ3) is 4.34. The quantitative estimate of drug-likeness (QED) is 0.455. The molecule has 1 rings (SSSR count). The maximum Gasteiger partial charge on any atom is 0.305 e. The summed E-state index contributed by atoms with van der Waals surface area (Å²) in [7, 11) is 0. The van der Waals surface area contributed by atoms with E-state index in [4.69, 9.17) is 15.7 Å². The second-order valence-corrected chi connectivity index (χ2v) is 3.75. The molecule has 0 bridgehead atoms. The molecule has 0 fully saturated rings. The van der Waals surface area contributed by atoms with Gasteiger partial charge in [0, 0.05) is 18.7 Å². The minimum absolute atomic E-state index is 0.182. The van der Waals surface area contributed by atoms with E-state index < -0.39 is 0 Å². The number of hydrogen-bond acceptors (Lipinski definition) is 5. The molecular weight excluding hydrogens is 230 g/mol. The van der Waals surface area contributed by atoms with Gasteiger partial charge in [-0.2, -0.15) is 5.26 Å². The lowest BCUT2D eigenvalue weighted by atomic mass is 10.2. The maximum atomic E-state index is 11.1. The molecule has 18 heavy (non-hydrogen) atoms. The van der Waals surface area contributed by atoms with Crippen molar-refractivity contribution in [3.63, 3.8) is 0 Å². The molecule has 0 spiro atoms. The van der Waals surface area contributed by atoms with E-state index in [0.717, 1.165) is 5.69 Å². The van der Waals surface area contributed by atoms with Crippen molar-refractivity contribution in [2.24, 2.45) is 0 Å². The van der Waals surface area contributed by atoms with Crippen LogP contribution < -0.4 is 11.1 Å². The highest BCUT2D eigenvalue weighted by molar-refractivity contribution is 5.69. The molecule has 3 N–H and O–H groups in total. The van der Waals surface area contributed by atoms with Crippen LogP contribution in [0.15, 0.2) is 18.2 Å². The first-order valence-electron chi connectivity index (χ1n) is 5.86. The third-order valence-corrected chi connectivity index (χ3v) is 2.36. The Bertz CT molecular complexity index is 452. The first kappa shape index (κ1) is 13.8. The number of hydrogen-bond donors (Lipinski definition) is 2. The number of nitrogens with zero attached hydrogens (tertiary/aromatic N) is 1. The van der Waals surface area contributed by atoms with E-state index in [9.17, 15) is 4.79 Å². The number of nitrogens with one attached hydrogen (secondary N) is 1. The van der Waals surface area contributed by atoms with Crippen molar-refractivity contribution in [1.29, 1.82) is 5.26 Å². The largest absolute Gasteiger partial charge is 0.466 e. The Morgan fingerprint density at radius 2 is 2.33 bits per heavy atom. The summed E-state index contributed by atoms with van der Waals surface area (Å²) < 4.78 is 4.82. The summed E-state index contributed by atoms with van der Waals surface area (Å²) in [4.78, 5) is 11.1. The zero-order valence-electron chi connectivity index (χ0n) is 10.4. The molecule has 96 valence electrons. The van der Waals surface area contributed by atoms with E-state index >= 15 is 0 Å². The van der Waals surface area contributed by atoms with E-state index in [0.29, 0.717) is 37.2 Å². The highest BCUT2D eigenvalue weighted by Crippen LogP contribution is 2.17. The van der Waals surface area contributed by atoms with Crippen LogP contribution in [-0.2, 0) is 9.53 Å². The Hall–Kier alpha value is -2.22. The molecular formula is C13H17N3O2. The molecule has 5 nitrogen and oxygen atoms in total. The molecule has 0 saturated carbocycles. The molecule has 0 atom stereocenters. The number of nitrogens with two attached hydrogens (primary N) is 1. The average molecular weight is 247 g/mol. The minimum atomic E-state index is -0.182. The highest BCUT2D eigenvalue weighted by Gasteiger charge is 2.02. The number of rotatable bonds is 6. The molecule has 0 saturated heterocycles. The molecule has 0 aliphatic carbocycles. The number of anilines is 2. The van der Waals surface area contributed by atoms with E-state index in [2.05, 4.69) is 5.32 Å². The van der Waals surface area contributed by atoms with Gasteiger partial charge in [0.15, 0.2) is 0 Å². The van der Waals surface area contributed by atoms with Crippen molar-refractivity contribution in [3.05, 3.63) is 23.8 Å². The SMILES string of the molecule is CCOC(=O)CCCNc1ccc(C#N)c(N)c1. The summed E-state index contributed by atoms with van der Waals surface area (Å²) in [5.41, 5.74) is 7.45. The molecule has 1 aromatic rings. The van der Waals surface area contributed by atoms with Crippen molar-refractivity contribution in [1.82, 2.24) is 0 Å². The highest BCUT2D eigenvalue weighted by atomic mass is 16.5. The number of carbonyl (C=O) groups excluding carboxylic acids is 1. The molecule has 0 unspecified atom stereocenters. The second kappa shape index (κ2) is 7.17. The van der Waals surface area contributed by atoms with Gasteiger partial charge in [0.1, 0.15) is 6.07 Å². The minimum Gasteiger partial charge on any atom is -0.466 e. The standard InChI is InChI=1S/C13H17N3O2/c1-2-18-13(17)4-3-7-16-11-6-5-10(9-14)12(15)8-11/h5-6,8,16H,2-4,7,15H2,1H3. The molecule has 5 heteroatoms. The molecule has 0 aliphatic heterocycles. The van der Waals surface area contributed by atoms with Crippen LogP contribution in [0.2, 0.25) is 0 Å². The number of nitrogen functional groups attached to an aromatic ring is 1. The number of esters is 1. The van der Waals surface area contributed by atoms with Crippen LogP contribution in [0.5, 0.6) is 0 Å². The predicted octanol–water partition coefficient (Wildman–Crippen LogP) is 1.90. The summed E-state index contributed by atoms with van der Waals surface area (Å²) in [6.07, 6.45) is 1.09. The fourth-order valence-corrected chi connectivity index (χ4v) is 1.47. The Morgan fingerprint density at radius 3 is 2.94 bits per heavy atom. The first-order chi connectivity index (χ1) is 8.67. The van der Waals surface area contributed by atoms with Crippen LogP contribution in [0.1, 0.15) is 25.3 Å². The fourth-order valence-electron chi connectivity index (χ4n) is 1.47. The van der Waals surface area contributed by atoms with E-state index in [-0.39, 0.29) is 5.97 Å². The van der Waals surface area contributed by atoms with E-state index in [1.54, 1.807) is 25.1 Å². The van der Waals surface area contributed by atoms with Gasteiger partial charge in [-0.3, -0.25) is 4.79 Å². The van der Waals surface area contributed by atoms with Gasteiger partial charge in [0.25, 0.3) is 0 Å². The normalized spacial score (nSPS) is 9.56. The summed E-state index contributed by atoms with van der Waals surface area (Å²) in [5, 5.41) is 11.9. The summed E-state index contributed by atoms with van der Waals surface area (Å²) in [6, 6.07) is 7.18.